The lowest BCUT2D eigenvalue weighted by molar-refractivity contribution is -0.161. The molecule has 0 amide bonds. The number of carbonyl (C=O) groups excluding carboxylic acids is 2. The summed E-state index contributed by atoms with van der Waals surface area (Å²) in [6, 6.07) is 1.24. The van der Waals surface area contributed by atoms with Crippen LogP contribution in [0.1, 0.15) is 155 Å². The van der Waals surface area contributed by atoms with E-state index in [1.807, 2.05) is 42.5 Å². The number of nitrogens with two attached hydrogens (primary N) is 1. The fourth-order valence-electron chi connectivity index (χ4n) is 6.79. The molecule has 2 rings (SSSR count). The van der Waals surface area contributed by atoms with E-state index in [4.69, 9.17) is 29.0 Å². The van der Waals surface area contributed by atoms with Crippen LogP contribution in [0, 0.1) is 0 Å². The Kier molecular flexibility index (Phi) is 32.4. The molecule has 1 fully saturated rings. The van der Waals surface area contributed by atoms with Crippen LogP contribution in [0.3, 0.4) is 0 Å². The standard InChI is InChI=1S/C48H79N3O16P2/c1-3-5-7-8-9-10-11-12-16-19-22-25-28-32-43(53)62-36-40(65-44(54)33-29-26-23-20-17-14-13-15-18-21-24-27-31-39(52)30-6-4-2)37-63-68(58,59)67-69(60,61)64-38-41-45(55)46(56)47(66-41)51-35-34-42(49)50-48(51)57/h10-11,13-14,18,20-21,23,27,31,34-35,39-41,45-47,52,55-56H,3-9,12,15-17,19,22,24-26,28-30,32-33,36-38H2,1-2H3,(H,58,59)(H,60,61)(H2,49,50,57)/b11-10-,14-13-,21-18-,23-20-,31-27-/t39-,40-,41-,45-,46-,47-/m1/s1. The second kappa shape index (κ2) is 36.4. The Hall–Kier alpha value is -3.58. The summed E-state index contributed by atoms with van der Waals surface area (Å²) < 4.78 is 56.6. The largest absolute Gasteiger partial charge is 0.481 e. The number of aliphatic hydroxyl groups is 3. The highest BCUT2D eigenvalue weighted by atomic mass is 31.3. The van der Waals surface area contributed by atoms with Crippen molar-refractivity contribution in [2.45, 2.75) is 185 Å². The Morgan fingerprint density at radius 2 is 1.32 bits per heavy atom. The van der Waals surface area contributed by atoms with Gasteiger partial charge in [-0.15, -0.1) is 0 Å². The average molecular weight is 1020 g/mol. The van der Waals surface area contributed by atoms with Gasteiger partial charge >= 0.3 is 33.3 Å². The normalized spacial score (nSPS) is 20.3. The fraction of sp³-hybridized carbons (Fsp3) is 0.667. The van der Waals surface area contributed by atoms with Gasteiger partial charge in [0.1, 0.15) is 30.7 Å². The third-order valence-corrected chi connectivity index (χ3v) is 13.2. The quantitative estimate of drug-likeness (QED) is 0.0156. The van der Waals surface area contributed by atoms with Crippen LogP contribution in [0.15, 0.2) is 77.8 Å². The molecule has 0 aliphatic carbocycles. The Morgan fingerprint density at radius 3 is 1.99 bits per heavy atom. The number of anilines is 1. The van der Waals surface area contributed by atoms with E-state index >= 15 is 0 Å². The number of aromatic nitrogens is 2. The Morgan fingerprint density at radius 1 is 0.754 bits per heavy atom. The van der Waals surface area contributed by atoms with E-state index in [2.05, 4.69) is 41.4 Å². The van der Waals surface area contributed by atoms with Gasteiger partial charge in [0.25, 0.3) is 0 Å². The summed E-state index contributed by atoms with van der Waals surface area (Å²) in [5, 5.41) is 30.7. The van der Waals surface area contributed by atoms with Gasteiger partial charge in [-0.05, 0) is 76.7 Å². The molecular weight excluding hydrogens is 936 g/mol. The van der Waals surface area contributed by atoms with Gasteiger partial charge in [-0.3, -0.25) is 23.2 Å². The van der Waals surface area contributed by atoms with E-state index in [9.17, 15) is 48.6 Å². The zero-order valence-electron chi connectivity index (χ0n) is 40.5. The number of allylic oxidation sites excluding steroid dienone is 9. The van der Waals surface area contributed by atoms with Crippen LogP contribution in [-0.4, -0.2) is 96.9 Å². The summed E-state index contributed by atoms with van der Waals surface area (Å²) >= 11 is 0. The number of unbranched alkanes of at least 4 members (excludes halogenated alkanes) is 11. The maximum absolute atomic E-state index is 12.8. The molecule has 69 heavy (non-hydrogen) atoms. The fourth-order valence-corrected chi connectivity index (χ4v) is 8.90. The molecule has 1 saturated heterocycles. The van der Waals surface area contributed by atoms with Gasteiger partial charge in [0.05, 0.1) is 19.3 Å². The van der Waals surface area contributed by atoms with Crippen LogP contribution < -0.4 is 11.4 Å². The van der Waals surface area contributed by atoms with E-state index in [1.54, 1.807) is 0 Å². The number of ether oxygens (including phenoxy) is 3. The SMILES string of the molecule is CCCCCC/C=C\CCCCCCCC(=O)OC[C@H](COP(=O)(O)OP(=O)(O)OC[C@H]1O[C@@H](n2ccc(N)nc2=O)[C@H](O)[C@@H]1O)OC(=O)CCC/C=C\C/C=C\C/C=C\C/C=C\[C@H](O)CCCC. The van der Waals surface area contributed by atoms with E-state index < -0.39 is 89.8 Å². The topological polar surface area (TPSA) is 286 Å². The van der Waals surface area contributed by atoms with Gasteiger partial charge in [0.15, 0.2) is 12.3 Å². The maximum atomic E-state index is 12.8. The van der Waals surface area contributed by atoms with Crippen molar-refractivity contribution in [2.24, 2.45) is 0 Å². The Bertz CT molecular complexity index is 1910. The highest BCUT2D eigenvalue weighted by molar-refractivity contribution is 7.61. The minimum Gasteiger partial charge on any atom is -0.462 e. The van der Waals surface area contributed by atoms with Gasteiger partial charge in [0.2, 0.25) is 0 Å². The molecule has 0 bridgehead atoms. The van der Waals surface area contributed by atoms with Crippen LogP contribution in [0.4, 0.5) is 5.82 Å². The highest BCUT2D eigenvalue weighted by Gasteiger charge is 2.46. The number of nitrogens with zero attached hydrogens (tertiary/aromatic N) is 2. The number of aliphatic hydroxyl groups excluding tert-OH is 3. The zero-order valence-corrected chi connectivity index (χ0v) is 42.2. The molecule has 2 unspecified atom stereocenters. The molecule has 0 aromatic carbocycles. The van der Waals surface area contributed by atoms with Crippen molar-refractivity contribution in [3.63, 3.8) is 0 Å². The minimum absolute atomic E-state index is 0.0463. The molecule has 21 heteroatoms. The maximum Gasteiger partial charge on any atom is 0.481 e. The molecular formula is C48H79N3O16P2. The monoisotopic (exact) mass is 1020 g/mol. The zero-order chi connectivity index (χ0) is 50.8. The first-order chi connectivity index (χ1) is 33.1. The second-order valence-electron chi connectivity index (χ2n) is 16.8. The summed E-state index contributed by atoms with van der Waals surface area (Å²) in [5.74, 6) is -1.41. The predicted molar refractivity (Wildman–Crippen MR) is 262 cm³/mol. The molecule has 392 valence electrons. The number of hydrogen-bond acceptors (Lipinski definition) is 16. The number of rotatable bonds is 39. The summed E-state index contributed by atoms with van der Waals surface area (Å²) in [5.41, 5.74) is 4.57. The first kappa shape index (κ1) is 61.5. The highest BCUT2D eigenvalue weighted by Crippen LogP contribution is 2.60. The van der Waals surface area contributed by atoms with Crippen molar-refractivity contribution in [2.75, 3.05) is 25.6 Å². The van der Waals surface area contributed by atoms with Gasteiger partial charge in [-0.2, -0.15) is 9.29 Å². The molecule has 8 atom stereocenters. The first-order valence-corrected chi connectivity index (χ1v) is 27.4. The second-order valence-corrected chi connectivity index (χ2v) is 19.8. The van der Waals surface area contributed by atoms with E-state index in [-0.39, 0.29) is 18.7 Å². The van der Waals surface area contributed by atoms with Crippen molar-refractivity contribution in [1.29, 1.82) is 0 Å². The molecule has 2 heterocycles. The molecule has 1 aliphatic rings. The van der Waals surface area contributed by atoms with Crippen LogP contribution in [-0.2, 0) is 46.3 Å². The van der Waals surface area contributed by atoms with Crippen LogP contribution in [0.25, 0.3) is 0 Å². The van der Waals surface area contributed by atoms with Crippen LogP contribution in [0.5, 0.6) is 0 Å². The number of hydrogen-bond donors (Lipinski definition) is 6. The Balaban J connectivity index is 1.86. The van der Waals surface area contributed by atoms with Crippen LogP contribution >= 0.6 is 15.6 Å². The van der Waals surface area contributed by atoms with Gasteiger partial charge in [0, 0.05) is 19.0 Å². The molecule has 19 nitrogen and oxygen atoms in total. The molecule has 1 aromatic heterocycles. The van der Waals surface area contributed by atoms with E-state index in [1.165, 1.54) is 31.7 Å². The minimum atomic E-state index is -5.44. The number of nitrogen functional groups attached to an aromatic ring is 1. The molecule has 1 aliphatic heterocycles. The van der Waals surface area contributed by atoms with Crippen molar-refractivity contribution in [3.05, 3.63) is 83.5 Å². The number of carbonyl (C=O) groups is 2. The summed E-state index contributed by atoms with van der Waals surface area (Å²) in [6.45, 7) is 1.90. The van der Waals surface area contributed by atoms with Crippen molar-refractivity contribution < 1.29 is 71.4 Å². The van der Waals surface area contributed by atoms with Crippen molar-refractivity contribution in [1.82, 2.24) is 9.55 Å². The third kappa shape index (κ3) is 29.4. The lowest BCUT2D eigenvalue weighted by atomic mass is 10.1. The first-order valence-electron chi connectivity index (χ1n) is 24.4. The average Bonchev–Trinajstić information content (AvgIpc) is 3.58. The molecule has 7 N–H and O–H groups in total. The number of phosphoric ester groups is 2. The van der Waals surface area contributed by atoms with Gasteiger partial charge in [-0.1, -0.05) is 126 Å². The number of phosphoric acid groups is 2. The van der Waals surface area contributed by atoms with E-state index in [0.29, 0.717) is 25.7 Å². The number of esters is 2. The molecule has 0 saturated carbocycles. The predicted octanol–water partition coefficient (Wildman–Crippen LogP) is 8.52. The summed E-state index contributed by atoms with van der Waals surface area (Å²) in [7, 11) is -10.9. The smallest absolute Gasteiger partial charge is 0.462 e. The van der Waals surface area contributed by atoms with Crippen molar-refractivity contribution >= 4 is 33.4 Å². The van der Waals surface area contributed by atoms with E-state index in [0.717, 1.165) is 81.4 Å². The van der Waals surface area contributed by atoms with Gasteiger partial charge < -0.3 is 45.1 Å². The summed E-state index contributed by atoms with van der Waals surface area (Å²) in [4.78, 5) is 61.8. The summed E-state index contributed by atoms with van der Waals surface area (Å²) in [6.07, 6.45) is 30.8. The van der Waals surface area contributed by atoms with Crippen LogP contribution in [0.2, 0.25) is 0 Å². The Labute approximate surface area is 407 Å². The molecule has 0 radical (unpaired) electrons. The lowest BCUT2D eigenvalue weighted by Gasteiger charge is -2.21. The molecule has 1 aromatic rings. The van der Waals surface area contributed by atoms with Crippen molar-refractivity contribution in [3.8, 4) is 0 Å². The van der Waals surface area contributed by atoms with Gasteiger partial charge in [-0.25, -0.2) is 13.9 Å². The third-order valence-electron chi connectivity index (χ3n) is 10.6. The lowest BCUT2D eigenvalue weighted by Crippen LogP contribution is -2.36. The molecule has 0 spiro atoms.